The fourth-order valence-electron chi connectivity index (χ4n) is 2.79. The molecule has 0 bridgehead atoms. The molecule has 0 aliphatic carbocycles. The van der Waals surface area contributed by atoms with E-state index in [1.165, 1.54) is 0 Å². The summed E-state index contributed by atoms with van der Waals surface area (Å²) in [5.41, 5.74) is 1.93. The predicted molar refractivity (Wildman–Crippen MR) is 79.4 cm³/mol. The molecule has 1 atom stereocenters. The molecule has 1 N–H and O–H groups in total. The maximum atomic E-state index is 9.97. The lowest BCUT2D eigenvalue weighted by molar-refractivity contribution is 0.234. The summed E-state index contributed by atoms with van der Waals surface area (Å²) in [6.45, 7) is 3.65. The molecule has 2 heterocycles. The van der Waals surface area contributed by atoms with Gasteiger partial charge in [0.2, 0.25) is 0 Å². The van der Waals surface area contributed by atoms with E-state index >= 15 is 0 Å². The normalized spacial score (nSPS) is 19.6. The summed E-state index contributed by atoms with van der Waals surface area (Å²) in [4.78, 5) is 2.35. The van der Waals surface area contributed by atoms with Gasteiger partial charge in [0.05, 0.1) is 6.04 Å². The Hall–Kier alpha value is -1.33. The molecule has 0 unspecified atom stereocenters. The van der Waals surface area contributed by atoms with Crippen molar-refractivity contribution in [3.8, 4) is 5.75 Å². The van der Waals surface area contributed by atoms with Crippen molar-refractivity contribution in [1.29, 1.82) is 0 Å². The number of benzene rings is 1. The number of nitrogens with zero attached hydrogens (tertiary/aromatic N) is 2. The van der Waals surface area contributed by atoms with Crippen LogP contribution in [0.2, 0.25) is 0 Å². The topological polar surface area (TPSA) is 49.5 Å². The van der Waals surface area contributed by atoms with Gasteiger partial charge in [-0.25, -0.2) is 0 Å². The molecule has 1 aromatic carbocycles. The summed E-state index contributed by atoms with van der Waals surface area (Å²) >= 11 is 3.45. The number of phenolic OH excluding ortho intramolecular Hbond substituents is 1. The van der Waals surface area contributed by atoms with Gasteiger partial charge in [0.25, 0.3) is 0 Å². The third-order valence-electron chi connectivity index (χ3n) is 3.77. The van der Waals surface area contributed by atoms with Crippen molar-refractivity contribution >= 4 is 15.9 Å². The van der Waals surface area contributed by atoms with Crippen LogP contribution < -0.4 is 0 Å². The van der Waals surface area contributed by atoms with E-state index in [0.717, 1.165) is 47.4 Å². The number of aryl methyl sites for hydroxylation is 1. The molecule has 5 heteroatoms. The minimum Gasteiger partial charge on any atom is -0.508 e. The largest absolute Gasteiger partial charge is 0.508 e. The van der Waals surface area contributed by atoms with E-state index < -0.39 is 0 Å². The van der Waals surface area contributed by atoms with Gasteiger partial charge in [0.1, 0.15) is 17.2 Å². The highest BCUT2D eigenvalue weighted by atomic mass is 79.9. The SMILES string of the molecule is Cc1cc([C@H]2CCCN2Cc2cc(Br)ccc2O)no1. The molecule has 0 radical (unpaired) electrons. The summed E-state index contributed by atoms with van der Waals surface area (Å²) in [7, 11) is 0. The summed E-state index contributed by atoms with van der Waals surface area (Å²) in [6, 6.07) is 7.83. The Balaban J connectivity index is 1.81. The first kappa shape index (κ1) is 13.6. The zero-order valence-electron chi connectivity index (χ0n) is 11.3. The molecule has 1 aromatic heterocycles. The fourth-order valence-corrected chi connectivity index (χ4v) is 3.20. The van der Waals surface area contributed by atoms with E-state index in [1.807, 2.05) is 25.1 Å². The van der Waals surface area contributed by atoms with Gasteiger partial charge in [0.15, 0.2) is 0 Å². The van der Waals surface area contributed by atoms with E-state index in [-0.39, 0.29) is 6.04 Å². The first-order chi connectivity index (χ1) is 9.63. The van der Waals surface area contributed by atoms with Gasteiger partial charge >= 0.3 is 0 Å². The molecule has 3 rings (SSSR count). The lowest BCUT2D eigenvalue weighted by Gasteiger charge is -2.23. The van der Waals surface area contributed by atoms with Crippen LogP contribution in [-0.4, -0.2) is 21.7 Å². The van der Waals surface area contributed by atoms with Crippen molar-refractivity contribution in [2.45, 2.75) is 32.4 Å². The van der Waals surface area contributed by atoms with Crippen molar-refractivity contribution < 1.29 is 9.63 Å². The molecular weight excluding hydrogens is 320 g/mol. The molecule has 1 saturated heterocycles. The van der Waals surface area contributed by atoms with Crippen LogP contribution in [-0.2, 0) is 6.54 Å². The van der Waals surface area contributed by atoms with E-state index in [1.54, 1.807) is 6.07 Å². The van der Waals surface area contributed by atoms with Crippen LogP contribution in [0.3, 0.4) is 0 Å². The smallest absolute Gasteiger partial charge is 0.133 e. The lowest BCUT2D eigenvalue weighted by atomic mass is 10.1. The highest BCUT2D eigenvalue weighted by molar-refractivity contribution is 9.10. The van der Waals surface area contributed by atoms with Gasteiger partial charge in [-0.05, 0) is 44.5 Å². The quantitative estimate of drug-likeness (QED) is 0.926. The Kier molecular flexibility index (Phi) is 3.81. The average Bonchev–Trinajstić information content (AvgIpc) is 3.02. The second-order valence-electron chi connectivity index (χ2n) is 5.26. The van der Waals surface area contributed by atoms with Crippen LogP contribution in [0.15, 0.2) is 33.3 Å². The first-order valence-corrected chi connectivity index (χ1v) is 7.57. The van der Waals surface area contributed by atoms with Crippen molar-refractivity contribution in [1.82, 2.24) is 10.1 Å². The monoisotopic (exact) mass is 336 g/mol. The van der Waals surface area contributed by atoms with Crippen LogP contribution in [0, 0.1) is 6.92 Å². The Labute approximate surface area is 126 Å². The van der Waals surface area contributed by atoms with Crippen molar-refractivity contribution in [3.05, 3.63) is 45.8 Å². The molecule has 1 aliphatic heterocycles. The predicted octanol–water partition coefficient (Wildman–Crippen LogP) is 3.79. The van der Waals surface area contributed by atoms with Crippen LogP contribution in [0.25, 0.3) is 0 Å². The number of hydrogen-bond acceptors (Lipinski definition) is 4. The highest BCUT2D eigenvalue weighted by Crippen LogP contribution is 2.34. The molecule has 4 nitrogen and oxygen atoms in total. The second kappa shape index (κ2) is 5.58. The van der Waals surface area contributed by atoms with Crippen molar-refractivity contribution in [2.75, 3.05) is 6.54 Å². The van der Waals surface area contributed by atoms with Gasteiger partial charge in [-0.1, -0.05) is 21.1 Å². The maximum Gasteiger partial charge on any atom is 0.133 e. The van der Waals surface area contributed by atoms with Crippen LogP contribution >= 0.6 is 15.9 Å². The van der Waals surface area contributed by atoms with Gasteiger partial charge in [-0.3, -0.25) is 4.90 Å². The van der Waals surface area contributed by atoms with Gasteiger partial charge < -0.3 is 9.63 Å². The fraction of sp³-hybridized carbons (Fsp3) is 0.400. The molecule has 0 spiro atoms. The Morgan fingerprint density at radius 1 is 1.45 bits per heavy atom. The minimum atomic E-state index is 0.283. The third kappa shape index (κ3) is 2.74. The zero-order chi connectivity index (χ0) is 14.1. The molecule has 1 aliphatic rings. The molecule has 0 amide bonds. The summed E-state index contributed by atoms with van der Waals surface area (Å²) in [6.07, 6.45) is 2.23. The van der Waals surface area contributed by atoms with E-state index in [9.17, 15) is 5.11 Å². The van der Waals surface area contributed by atoms with E-state index in [2.05, 4.69) is 26.0 Å². The Morgan fingerprint density at radius 2 is 2.30 bits per heavy atom. The Morgan fingerprint density at radius 3 is 3.05 bits per heavy atom. The highest BCUT2D eigenvalue weighted by Gasteiger charge is 2.28. The second-order valence-corrected chi connectivity index (χ2v) is 6.18. The van der Waals surface area contributed by atoms with Gasteiger partial charge in [-0.2, -0.15) is 0 Å². The number of halogens is 1. The van der Waals surface area contributed by atoms with E-state index in [0.29, 0.717) is 5.75 Å². The average molecular weight is 337 g/mol. The minimum absolute atomic E-state index is 0.283. The van der Waals surface area contributed by atoms with Crippen LogP contribution in [0.5, 0.6) is 5.75 Å². The van der Waals surface area contributed by atoms with Crippen molar-refractivity contribution in [3.63, 3.8) is 0 Å². The van der Waals surface area contributed by atoms with E-state index in [4.69, 9.17) is 4.52 Å². The van der Waals surface area contributed by atoms with Crippen LogP contribution in [0.1, 0.15) is 35.9 Å². The Bertz CT molecular complexity index is 612. The first-order valence-electron chi connectivity index (χ1n) is 6.78. The molecule has 20 heavy (non-hydrogen) atoms. The standard InChI is InChI=1S/C15H17BrN2O2/c1-10-7-13(17-20-10)14-3-2-6-18(14)9-11-8-12(16)4-5-15(11)19/h4-5,7-8,14,19H,2-3,6,9H2,1H3/t14-/m1/s1. The van der Waals surface area contributed by atoms with Crippen LogP contribution in [0.4, 0.5) is 0 Å². The van der Waals surface area contributed by atoms with Crippen molar-refractivity contribution in [2.24, 2.45) is 0 Å². The number of hydrogen-bond donors (Lipinski definition) is 1. The number of rotatable bonds is 3. The summed E-state index contributed by atoms with van der Waals surface area (Å²) < 4.78 is 6.17. The molecule has 106 valence electrons. The maximum absolute atomic E-state index is 9.97. The number of aromatic nitrogens is 1. The van der Waals surface area contributed by atoms with Gasteiger partial charge in [-0.15, -0.1) is 0 Å². The zero-order valence-corrected chi connectivity index (χ0v) is 12.9. The molecule has 0 saturated carbocycles. The number of likely N-dealkylation sites (tertiary alicyclic amines) is 1. The van der Waals surface area contributed by atoms with Gasteiger partial charge in [0, 0.05) is 22.6 Å². The number of aromatic hydroxyl groups is 1. The summed E-state index contributed by atoms with van der Waals surface area (Å²) in [5.74, 6) is 1.19. The lowest BCUT2D eigenvalue weighted by Crippen LogP contribution is -2.23. The third-order valence-corrected chi connectivity index (χ3v) is 4.26. The molecular formula is C15H17BrN2O2. The molecule has 1 fully saturated rings. The summed E-state index contributed by atoms with van der Waals surface area (Å²) in [5, 5.41) is 14.1. The molecule has 2 aromatic rings. The number of phenols is 1.